The molecule has 438 valence electrons. The van der Waals surface area contributed by atoms with E-state index in [1.54, 1.807) is 70.3 Å². The fraction of sp³-hybridized carbons (Fsp3) is 0.316. The molecule has 12 rings (SSSR count). The largest absolute Gasteiger partial charge is 0.481 e. The molecule has 0 saturated carbocycles. The maximum absolute atomic E-state index is 13.5. The highest BCUT2D eigenvalue weighted by Gasteiger charge is 2.43. The highest BCUT2D eigenvalue weighted by atomic mass is 35.5. The Hall–Kier alpha value is -8.88. The number of imidazole rings is 4. The number of benzene rings is 2. The van der Waals surface area contributed by atoms with E-state index in [1.165, 1.54) is 9.13 Å². The smallest absolute Gasteiger partial charge is 0.457 e. The Labute approximate surface area is 481 Å². The van der Waals surface area contributed by atoms with E-state index in [0.717, 1.165) is 53.0 Å². The summed E-state index contributed by atoms with van der Waals surface area (Å²) in [6.45, 7) is 12.3. The Morgan fingerprint density at radius 1 is 0.631 bits per heavy atom. The molecular weight excluding hydrogens is 1120 g/mol. The maximum atomic E-state index is 13.5. The number of alkyl halides is 6. The van der Waals surface area contributed by atoms with Gasteiger partial charge in [0.2, 0.25) is 11.4 Å². The van der Waals surface area contributed by atoms with Crippen LogP contribution in [0.3, 0.4) is 0 Å². The second-order valence-electron chi connectivity index (χ2n) is 21.0. The van der Waals surface area contributed by atoms with Crippen molar-refractivity contribution in [1.29, 1.82) is 0 Å². The lowest BCUT2D eigenvalue weighted by Gasteiger charge is -2.33. The summed E-state index contributed by atoms with van der Waals surface area (Å²) in [7, 11) is 1.93. The van der Waals surface area contributed by atoms with E-state index in [9.17, 15) is 35.9 Å². The van der Waals surface area contributed by atoms with Crippen molar-refractivity contribution in [2.24, 2.45) is 0 Å². The third kappa shape index (κ3) is 12.7. The summed E-state index contributed by atoms with van der Waals surface area (Å²) in [5, 5.41) is 10.5. The van der Waals surface area contributed by atoms with Crippen LogP contribution in [-0.4, -0.2) is 108 Å². The second-order valence-corrected chi connectivity index (χ2v) is 21.0. The van der Waals surface area contributed by atoms with Gasteiger partial charge in [-0.3, -0.25) is 28.8 Å². The Bertz CT molecular complexity index is 4090. The molecule has 0 unspecified atom stereocenters. The lowest BCUT2D eigenvalue weighted by atomic mass is 10.0. The minimum absolute atomic E-state index is 0. The first kappa shape index (κ1) is 59.7. The molecule has 8 aromatic heterocycles. The van der Waals surface area contributed by atoms with Gasteiger partial charge in [0.05, 0.1) is 48.0 Å². The molecule has 6 N–H and O–H groups in total. The molecule has 2 aromatic carbocycles. The highest BCUT2D eigenvalue weighted by Crippen LogP contribution is 2.33. The van der Waals surface area contributed by atoms with E-state index >= 15 is 0 Å². The van der Waals surface area contributed by atoms with E-state index in [1.807, 2.05) is 71.1 Å². The van der Waals surface area contributed by atoms with Gasteiger partial charge in [0, 0.05) is 56.6 Å². The van der Waals surface area contributed by atoms with Crippen LogP contribution < -0.4 is 25.8 Å². The molecule has 84 heavy (non-hydrogen) atoms. The summed E-state index contributed by atoms with van der Waals surface area (Å²) in [4.78, 5) is 74.7. The third-order valence-electron chi connectivity index (χ3n) is 14.2. The van der Waals surface area contributed by atoms with Gasteiger partial charge in [-0.25, -0.2) is 48.6 Å². The van der Waals surface area contributed by atoms with Crippen LogP contribution in [0.4, 0.5) is 26.3 Å². The van der Waals surface area contributed by atoms with Gasteiger partial charge in [0.1, 0.15) is 35.5 Å². The number of rotatable bonds is 12. The number of halogens is 7. The highest BCUT2D eigenvalue weighted by molar-refractivity contribution is 5.85. The molecule has 10 heterocycles. The van der Waals surface area contributed by atoms with Gasteiger partial charge in [0.25, 0.3) is 17.6 Å². The number of hydrogen-bond donors (Lipinski definition) is 6. The van der Waals surface area contributed by atoms with Crippen molar-refractivity contribution >= 4 is 40.7 Å². The van der Waals surface area contributed by atoms with Crippen molar-refractivity contribution < 1.29 is 45.4 Å². The van der Waals surface area contributed by atoms with E-state index in [4.69, 9.17) is 19.9 Å². The first-order valence-electron chi connectivity index (χ1n) is 26.5. The van der Waals surface area contributed by atoms with Crippen molar-refractivity contribution in [3.8, 4) is 45.6 Å². The fourth-order valence-corrected chi connectivity index (χ4v) is 9.95. The number of nitrogens with zero attached hydrogens (tertiary/aromatic N) is 11. The van der Waals surface area contributed by atoms with Crippen LogP contribution in [0.15, 0.2) is 120 Å². The first-order chi connectivity index (χ1) is 39.5. The lowest BCUT2D eigenvalue weighted by Crippen LogP contribution is -2.57. The SMILES string of the molecule is CC(=O)O.CC(C)c1ncccc1-c1ncc2[nH]c(=O)n(Cc3ccc(-c4[nH]c(C(F)(F)F)c[n+]4C4CN(C)C4)cc3)c2n1.CC(C)c1ncccc1-c1ncc2[nH]c(=O)n(Cc3ccc(-c4[nH]c(C(F)(F)F)c[n+]4C4CNC4)cc3)c2n1.Cl. The molecule has 2 saturated heterocycles. The Morgan fingerprint density at radius 2 is 1.02 bits per heavy atom. The number of carbonyl (C=O) groups is 1. The maximum Gasteiger partial charge on any atom is 0.457 e. The number of hydrogen-bond acceptors (Lipinski definition) is 11. The van der Waals surface area contributed by atoms with Crippen molar-refractivity contribution in [1.82, 2.24) is 69.2 Å². The van der Waals surface area contributed by atoms with Crippen LogP contribution in [-0.2, 0) is 30.2 Å². The third-order valence-corrected chi connectivity index (χ3v) is 14.2. The van der Waals surface area contributed by atoms with Crippen molar-refractivity contribution in [3.05, 3.63) is 165 Å². The van der Waals surface area contributed by atoms with Gasteiger partial charge in [-0.1, -0.05) is 52.0 Å². The van der Waals surface area contributed by atoms with Gasteiger partial charge < -0.3 is 20.4 Å². The average molecular weight is 1180 g/mol. The predicted molar refractivity (Wildman–Crippen MR) is 301 cm³/mol. The Kier molecular flexibility index (Phi) is 17.2. The topological polar surface area (TPSA) is 245 Å². The molecule has 2 aliphatic rings. The molecule has 0 amide bonds. The normalized spacial score (nSPS) is 14.0. The van der Waals surface area contributed by atoms with Crippen molar-refractivity contribution in [2.75, 3.05) is 33.2 Å². The zero-order valence-corrected chi connectivity index (χ0v) is 47.0. The van der Waals surface area contributed by atoms with E-state index < -0.39 is 29.7 Å². The van der Waals surface area contributed by atoms with Crippen LogP contribution in [0, 0.1) is 0 Å². The zero-order chi connectivity index (χ0) is 59.1. The number of fused-ring (bicyclic) bond motifs is 2. The average Bonchev–Trinajstić information content (AvgIpc) is 4.23. The van der Waals surface area contributed by atoms with Crippen LogP contribution in [0.5, 0.6) is 0 Å². The van der Waals surface area contributed by atoms with Crippen LogP contribution in [0.2, 0.25) is 0 Å². The summed E-state index contributed by atoms with van der Waals surface area (Å²) in [6, 6.07) is 21.7. The standard InChI is InChI=1S/C28H27F3N8O.C27H25F3N8O.C2H4O2.ClH/c1-16(2)23-20(5-4-10-32-23)24-33-11-21-26(36-24)39(27(40)34-21)12-17-6-8-18(9-7-17)25-35-22(28(29,30)31)15-38(25)19-13-37(3)14-19;1-15(2)22-19(4-3-9-32-22)23-33-12-20-25(36-23)38(26(39)34-20)13-16-5-7-17(8-6-16)24-35-21(27(28,29)30)14-37(24)18-10-31-11-18;1-2(3)4;/h4-11,15-16,19H,12-14H2,1-3H3,(H,34,40);3-9,12,14-15,18,31H,10-11,13H2,1-2H3,(H,34,39);1H3,(H,3,4);1H/p+2. The fourth-order valence-electron chi connectivity index (χ4n) is 9.95. The molecule has 0 atom stereocenters. The molecule has 20 nitrogen and oxygen atoms in total. The number of aromatic nitrogens is 14. The predicted octanol–water partition coefficient (Wildman–Crippen LogP) is 8.45. The van der Waals surface area contributed by atoms with Gasteiger partial charge in [-0.2, -0.15) is 26.3 Å². The second kappa shape index (κ2) is 24.1. The molecule has 0 bridgehead atoms. The Morgan fingerprint density at radius 3 is 1.37 bits per heavy atom. The number of likely N-dealkylation sites (N-methyl/N-ethyl adjacent to an activating group) is 1. The number of pyridine rings is 2. The molecular formula is C57H59ClF6N16O4+2. The summed E-state index contributed by atoms with van der Waals surface area (Å²) in [5.74, 6) is 1.24. The number of likely N-dealkylation sites (tertiary alicyclic amines) is 1. The molecule has 0 spiro atoms. The monoisotopic (exact) mass is 1180 g/mol. The summed E-state index contributed by atoms with van der Waals surface area (Å²) in [6.07, 6.45) is -0.0194. The quantitative estimate of drug-likeness (QED) is 0.0499. The number of aliphatic carboxylic acids is 1. The minimum atomic E-state index is -4.47. The van der Waals surface area contributed by atoms with Crippen molar-refractivity contribution in [2.45, 2.75) is 84.0 Å². The zero-order valence-electron chi connectivity index (χ0n) is 46.2. The molecule has 0 radical (unpaired) electrons. The van der Waals surface area contributed by atoms with E-state index in [0.29, 0.717) is 82.9 Å². The van der Waals surface area contributed by atoms with Gasteiger partial charge >= 0.3 is 23.7 Å². The van der Waals surface area contributed by atoms with E-state index in [2.05, 4.69) is 50.1 Å². The number of aromatic amines is 4. The number of H-pyrrole nitrogens is 4. The molecule has 0 aliphatic carbocycles. The van der Waals surface area contributed by atoms with Gasteiger partial charge in [-0.15, -0.1) is 12.4 Å². The molecule has 2 aliphatic heterocycles. The first-order valence-corrected chi connectivity index (χ1v) is 26.5. The minimum Gasteiger partial charge on any atom is -0.481 e. The van der Waals surface area contributed by atoms with Crippen LogP contribution in [0.1, 0.15) is 92.4 Å². The van der Waals surface area contributed by atoms with Gasteiger partial charge in [0.15, 0.2) is 22.9 Å². The number of carboxylic acid groups (broad SMARTS) is 1. The van der Waals surface area contributed by atoms with Crippen LogP contribution >= 0.6 is 12.4 Å². The summed E-state index contributed by atoms with van der Waals surface area (Å²) >= 11 is 0. The van der Waals surface area contributed by atoms with Gasteiger partial charge in [-0.05, 0) is 78.5 Å². The number of carboxylic acids is 1. The van der Waals surface area contributed by atoms with E-state index in [-0.39, 0.29) is 60.8 Å². The van der Waals surface area contributed by atoms with Crippen molar-refractivity contribution in [3.63, 3.8) is 0 Å². The Balaban J connectivity index is 0.000000187. The lowest BCUT2D eigenvalue weighted by molar-refractivity contribution is -0.722. The molecule has 2 fully saturated rings. The summed E-state index contributed by atoms with van der Waals surface area (Å²) < 4.78 is 87.1. The molecule has 27 heteroatoms. The molecule has 10 aromatic rings. The van der Waals surface area contributed by atoms with Crippen LogP contribution in [0.25, 0.3) is 67.9 Å². The summed E-state index contributed by atoms with van der Waals surface area (Å²) in [5.41, 5.74) is 5.90. The number of nitrogens with one attached hydrogen (secondary N) is 5.